The lowest BCUT2D eigenvalue weighted by atomic mass is 9.85. The third-order valence-electron chi connectivity index (χ3n) is 3.91. The molecule has 7 heteroatoms. The lowest BCUT2D eigenvalue weighted by Crippen LogP contribution is -2.46. The van der Waals surface area contributed by atoms with Crippen LogP contribution in [-0.4, -0.2) is 66.2 Å². The van der Waals surface area contributed by atoms with E-state index in [9.17, 15) is 0 Å². The van der Waals surface area contributed by atoms with Gasteiger partial charge >= 0.3 is 7.12 Å². The van der Waals surface area contributed by atoms with Crippen LogP contribution in [0.25, 0.3) is 0 Å². The molecule has 3 rings (SSSR count). The van der Waals surface area contributed by atoms with E-state index in [-0.39, 0.29) is 10.5 Å². The van der Waals surface area contributed by atoms with Gasteiger partial charge < -0.3 is 19.1 Å². The molecule has 0 spiro atoms. The fourth-order valence-electron chi connectivity index (χ4n) is 1.93. The van der Waals surface area contributed by atoms with Crippen molar-refractivity contribution >= 4 is 18.5 Å². The fraction of sp³-hybridized carbons (Fsp3) is 0.733. The average molecular weight is 315 g/mol. The van der Waals surface area contributed by atoms with Gasteiger partial charge in [-0.2, -0.15) is 0 Å². The maximum Gasteiger partial charge on any atom is 0.516 e. The molecule has 1 aromatic rings. The van der Waals surface area contributed by atoms with Crippen molar-refractivity contribution in [2.75, 3.05) is 37.9 Å². The van der Waals surface area contributed by atoms with E-state index < -0.39 is 62.0 Å². The summed E-state index contributed by atoms with van der Waals surface area (Å²) in [7, 11) is -1.06. The van der Waals surface area contributed by atoms with Gasteiger partial charge in [0.1, 0.15) is 5.82 Å². The summed E-state index contributed by atoms with van der Waals surface area (Å²) >= 11 is 0. The second-order valence-corrected chi connectivity index (χ2v) is 6.01. The van der Waals surface area contributed by atoms with Crippen LogP contribution in [0.1, 0.15) is 42.8 Å². The predicted molar refractivity (Wildman–Crippen MR) is 87.5 cm³/mol. The largest absolute Gasteiger partial charge is 0.516 e. The van der Waals surface area contributed by atoms with E-state index in [1.807, 2.05) is 0 Å². The Bertz CT molecular complexity index is 897. The molecule has 0 aromatic carbocycles. The lowest BCUT2D eigenvalue weighted by molar-refractivity contribution is 0.00578. The SMILES string of the molecule is [2H]C([2H])([2H])N1C([2H])([2H])C([2H])([2H])N(c2cncc(B3OC(C)(C)C(C)(C)O3)n2)C([2H])([2H])C1([2H])[2H]. The van der Waals surface area contributed by atoms with Gasteiger partial charge in [0.15, 0.2) is 0 Å². The third kappa shape index (κ3) is 2.85. The summed E-state index contributed by atoms with van der Waals surface area (Å²) in [4.78, 5) is 7.84. The van der Waals surface area contributed by atoms with Crippen molar-refractivity contribution in [3.05, 3.63) is 12.4 Å². The number of rotatable bonds is 2. The number of hydrogen-bond acceptors (Lipinski definition) is 6. The van der Waals surface area contributed by atoms with Crippen LogP contribution in [0.4, 0.5) is 5.82 Å². The summed E-state index contributed by atoms with van der Waals surface area (Å²) in [5.74, 6) is -0.560. The summed E-state index contributed by atoms with van der Waals surface area (Å²) in [5.41, 5.74) is -1.48. The van der Waals surface area contributed by atoms with Crippen LogP contribution in [0.3, 0.4) is 0 Å². The van der Waals surface area contributed by atoms with Gasteiger partial charge in [0.2, 0.25) is 0 Å². The molecule has 3 heterocycles. The summed E-state index contributed by atoms with van der Waals surface area (Å²) in [5, 5.41) is 0. The van der Waals surface area contributed by atoms with Crippen LogP contribution in [-0.2, 0) is 9.31 Å². The molecule has 2 saturated heterocycles. The second kappa shape index (κ2) is 5.47. The van der Waals surface area contributed by atoms with Gasteiger partial charge in [-0.15, -0.1) is 0 Å². The zero-order valence-electron chi connectivity index (χ0n) is 23.8. The number of anilines is 1. The van der Waals surface area contributed by atoms with Gasteiger partial charge in [0, 0.05) is 41.8 Å². The van der Waals surface area contributed by atoms with E-state index in [1.165, 1.54) is 6.20 Å². The van der Waals surface area contributed by atoms with Crippen molar-refractivity contribution in [2.45, 2.75) is 38.9 Å². The molecule has 2 fully saturated rings. The Morgan fingerprint density at radius 1 is 1.14 bits per heavy atom. The van der Waals surface area contributed by atoms with E-state index in [4.69, 9.17) is 24.4 Å². The Hall–Kier alpha value is -1.18. The van der Waals surface area contributed by atoms with E-state index in [0.29, 0.717) is 0 Å². The van der Waals surface area contributed by atoms with Crippen LogP contribution < -0.4 is 10.5 Å². The van der Waals surface area contributed by atoms with Crippen molar-refractivity contribution < 1.29 is 24.4 Å². The Morgan fingerprint density at radius 3 is 2.36 bits per heavy atom. The molecule has 0 atom stereocenters. The number of nitrogens with zero attached hydrogens (tertiary/aromatic N) is 4. The van der Waals surface area contributed by atoms with E-state index in [0.717, 1.165) is 6.20 Å². The van der Waals surface area contributed by atoms with Crippen molar-refractivity contribution in [2.24, 2.45) is 0 Å². The minimum atomic E-state index is -3.50. The average Bonchev–Trinajstić information content (AvgIpc) is 2.79. The smallest absolute Gasteiger partial charge is 0.398 e. The van der Waals surface area contributed by atoms with Crippen molar-refractivity contribution in [3.8, 4) is 0 Å². The third-order valence-corrected chi connectivity index (χ3v) is 3.91. The van der Waals surface area contributed by atoms with Crippen LogP contribution in [0.15, 0.2) is 12.4 Å². The first-order chi connectivity index (χ1) is 14.5. The quantitative estimate of drug-likeness (QED) is 0.742. The first-order valence-corrected chi connectivity index (χ1v) is 6.80. The van der Waals surface area contributed by atoms with Crippen LogP contribution in [0, 0.1) is 0 Å². The molecule has 120 valence electrons. The molecule has 0 amide bonds. The fourth-order valence-corrected chi connectivity index (χ4v) is 1.93. The zero-order valence-corrected chi connectivity index (χ0v) is 12.8. The number of hydrogen-bond donors (Lipinski definition) is 0. The number of likely N-dealkylation sites (N-methyl/N-ethyl adjacent to an activating group) is 1. The lowest BCUT2D eigenvalue weighted by Gasteiger charge is -2.33. The Morgan fingerprint density at radius 2 is 1.77 bits per heavy atom. The summed E-state index contributed by atoms with van der Waals surface area (Å²) < 4.78 is 101. The molecule has 6 nitrogen and oxygen atoms in total. The molecule has 0 N–H and O–H groups in total. The minimum Gasteiger partial charge on any atom is -0.398 e. The van der Waals surface area contributed by atoms with Gasteiger partial charge in [-0.25, -0.2) is 4.98 Å². The molecule has 2 aliphatic heterocycles. The van der Waals surface area contributed by atoms with Crippen molar-refractivity contribution in [3.63, 3.8) is 0 Å². The topological polar surface area (TPSA) is 50.7 Å². The highest BCUT2D eigenvalue weighted by molar-refractivity contribution is 6.61. The maximum atomic E-state index is 8.36. The van der Waals surface area contributed by atoms with Gasteiger partial charge in [0.05, 0.1) is 28.5 Å². The van der Waals surface area contributed by atoms with E-state index >= 15 is 0 Å². The molecule has 0 radical (unpaired) electrons. The highest BCUT2D eigenvalue weighted by Crippen LogP contribution is 2.36. The highest BCUT2D eigenvalue weighted by Gasteiger charge is 2.52. The van der Waals surface area contributed by atoms with Gasteiger partial charge in [-0.05, 0) is 34.7 Å². The second-order valence-electron chi connectivity index (χ2n) is 6.01. The monoisotopic (exact) mass is 315 g/mol. The van der Waals surface area contributed by atoms with Crippen molar-refractivity contribution in [1.82, 2.24) is 14.9 Å². The zero-order chi connectivity index (χ0) is 25.6. The molecule has 1 aromatic heterocycles. The minimum absolute atomic E-state index is 0.0251. The summed E-state index contributed by atoms with van der Waals surface area (Å²) in [6.07, 6.45) is 2.18. The van der Waals surface area contributed by atoms with E-state index in [2.05, 4.69) is 9.97 Å². The Labute approximate surface area is 148 Å². The van der Waals surface area contributed by atoms with Crippen LogP contribution in [0.2, 0.25) is 0 Å². The standard InChI is InChI=1S/C15H25BN4O2/c1-14(2)15(3,4)22-16(21-14)12-10-17-11-13(18-12)20-8-6-19(5)7-9-20/h10-11H,6-9H2,1-5H3/i5D3,6D2,7D2,8D2,9D2. The summed E-state index contributed by atoms with van der Waals surface area (Å²) in [6.45, 7) is -10.1. The molecule has 22 heavy (non-hydrogen) atoms. The molecule has 0 unspecified atom stereocenters. The predicted octanol–water partition coefficient (Wildman–Crippen LogP) is 0.528. The Balaban J connectivity index is 2.15. The van der Waals surface area contributed by atoms with Crippen LogP contribution >= 0.6 is 0 Å². The van der Waals surface area contributed by atoms with Crippen molar-refractivity contribution in [1.29, 1.82) is 0 Å². The molecular formula is C15H25BN4O2. The van der Waals surface area contributed by atoms with Gasteiger partial charge in [0.25, 0.3) is 0 Å². The van der Waals surface area contributed by atoms with Gasteiger partial charge in [-0.3, -0.25) is 4.98 Å². The number of aromatic nitrogens is 2. The highest BCUT2D eigenvalue weighted by atomic mass is 16.7. The molecule has 2 aliphatic rings. The number of piperazine rings is 1. The first-order valence-electron chi connectivity index (χ1n) is 12.3. The molecule has 0 aliphatic carbocycles. The maximum absolute atomic E-state index is 8.36. The molecule has 0 saturated carbocycles. The Kier molecular flexibility index (Phi) is 1.78. The molecule has 0 bridgehead atoms. The summed E-state index contributed by atoms with van der Waals surface area (Å²) in [6, 6.07) is 0. The van der Waals surface area contributed by atoms with Crippen LogP contribution in [0.5, 0.6) is 0 Å². The molecular weight excluding hydrogens is 279 g/mol. The first kappa shape index (κ1) is 7.15. The van der Waals surface area contributed by atoms with Gasteiger partial charge in [-0.1, -0.05) is 0 Å². The normalized spacial score (nSPS) is 41.9. The van der Waals surface area contributed by atoms with E-state index in [1.54, 1.807) is 27.7 Å².